The quantitative estimate of drug-likeness (QED) is 0.408. The van der Waals surface area contributed by atoms with Crippen LogP contribution in [0.15, 0.2) is 41.9 Å². The fourth-order valence-corrected chi connectivity index (χ4v) is 6.41. The van der Waals surface area contributed by atoms with Crippen LogP contribution in [0.5, 0.6) is 0 Å². The molecule has 0 unspecified atom stereocenters. The molecule has 1 aromatic carbocycles. The van der Waals surface area contributed by atoms with Crippen molar-refractivity contribution in [2.45, 2.75) is 19.3 Å². The van der Waals surface area contributed by atoms with Crippen LogP contribution in [-0.2, 0) is 9.59 Å². The van der Waals surface area contributed by atoms with Gasteiger partial charge in [0.25, 0.3) is 11.8 Å². The molecule has 0 radical (unpaired) electrons. The maximum Gasteiger partial charge on any atom is 0.261 e. The fraction of sp³-hybridized carbons (Fsp3) is 0.333. The number of benzene rings is 1. The molecule has 8 nitrogen and oxygen atoms in total. The third-order valence-electron chi connectivity index (χ3n) is 7.69. The number of hydrogen-bond acceptors (Lipinski definition) is 7. The molecule has 6 heterocycles. The molecule has 0 aliphatic carbocycles. The summed E-state index contributed by atoms with van der Waals surface area (Å²) < 4.78 is 0. The number of nitrogens with one attached hydrogen (secondary N) is 2. The van der Waals surface area contributed by atoms with Crippen molar-refractivity contribution in [2.75, 3.05) is 37.6 Å². The summed E-state index contributed by atoms with van der Waals surface area (Å²) in [6, 6.07) is 9.70. The highest BCUT2D eigenvalue weighted by Crippen LogP contribution is 2.38. The highest BCUT2D eigenvalue weighted by Gasteiger charge is 2.36. The molecule has 3 aliphatic heterocycles. The second-order valence-electron chi connectivity index (χ2n) is 9.87. The van der Waals surface area contributed by atoms with Gasteiger partial charge in [-0.3, -0.25) is 14.9 Å². The number of aromatic amines is 1. The molecule has 2 N–H and O–H groups in total. The van der Waals surface area contributed by atoms with Crippen LogP contribution in [0.4, 0.5) is 5.95 Å². The second-order valence-corrected chi connectivity index (χ2v) is 10.8. The number of rotatable bonds is 5. The largest absolute Gasteiger partial charge is 0.352 e. The van der Waals surface area contributed by atoms with Crippen molar-refractivity contribution < 1.29 is 9.59 Å². The molecule has 0 saturated carbocycles. The van der Waals surface area contributed by atoms with Crippen LogP contribution in [0.1, 0.15) is 30.5 Å². The van der Waals surface area contributed by atoms with E-state index >= 15 is 0 Å². The van der Waals surface area contributed by atoms with Gasteiger partial charge in [-0.1, -0.05) is 18.2 Å². The predicted molar refractivity (Wildman–Crippen MR) is 142 cm³/mol. The maximum absolute atomic E-state index is 13.2. The highest BCUT2D eigenvalue weighted by atomic mass is 32.1. The van der Waals surface area contributed by atoms with Gasteiger partial charge in [0.05, 0.1) is 22.4 Å². The van der Waals surface area contributed by atoms with Crippen molar-refractivity contribution in [2.24, 2.45) is 5.92 Å². The number of thiophene rings is 1. The average molecular weight is 499 g/mol. The number of aromatic nitrogens is 3. The molecule has 2 saturated heterocycles. The summed E-state index contributed by atoms with van der Waals surface area (Å²) in [4.78, 5) is 45.1. The maximum atomic E-state index is 13.2. The van der Waals surface area contributed by atoms with Crippen LogP contribution < -0.4 is 10.2 Å². The van der Waals surface area contributed by atoms with Gasteiger partial charge in [-0.25, -0.2) is 9.97 Å². The Balaban J connectivity index is 1.31. The Labute approximate surface area is 212 Å². The van der Waals surface area contributed by atoms with Gasteiger partial charge in [-0.15, -0.1) is 11.3 Å². The van der Waals surface area contributed by atoms with Gasteiger partial charge in [0, 0.05) is 42.2 Å². The predicted octanol–water partition coefficient (Wildman–Crippen LogP) is 3.66. The van der Waals surface area contributed by atoms with Crippen LogP contribution in [0, 0.1) is 5.92 Å². The molecule has 4 aromatic rings. The second kappa shape index (κ2) is 8.53. The Kier molecular flexibility index (Phi) is 5.14. The van der Waals surface area contributed by atoms with Gasteiger partial charge in [-0.2, -0.15) is 0 Å². The third-order valence-corrected chi connectivity index (χ3v) is 8.54. The topological polar surface area (TPSA) is 94.2 Å². The summed E-state index contributed by atoms with van der Waals surface area (Å²) in [5.41, 5.74) is 2.70. The lowest BCUT2D eigenvalue weighted by atomic mass is 9.95. The van der Waals surface area contributed by atoms with E-state index in [1.807, 2.05) is 41.9 Å². The molecular weight excluding hydrogens is 472 g/mol. The first-order valence-corrected chi connectivity index (χ1v) is 13.4. The van der Waals surface area contributed by atoms with E-state index in [4.69, 9.17) is 9.97 Å². The van der Waals surface area contributed by atoms with E-state index in [1.54, 1.807) is 11.3 Å². The van der Waals surface area contributed by atoms with Gasteiger partial charge >= 0.3 is 0 Å². The van der Waals surface area contributed by atoms with Gasteiger partial charge in [-0.05, 0) is 55.8 Å². The molecule has 9 heteroatoms. The van der Waals surface area contributed by atoms with Gasteiger partial charge in [0.1, 0.15) is 4.83 Å². The van der Waals surface area contributed by atoms with Crippen LogP contribution in [0.3, 0.4) is 0 Å². The Morgan fingerprint density at radius 3 is 2.56 bits per heavy atom. The molecule has 0 atom stereocenters. The SMILES string of the molecule is O=C1NC(=O)C(c2c[nH]c3sccc23)=C1c1nc(N2CCC(CN3CCC3)CC2)nc2ccccc12. The Morgan fingerprint density at radius 1 is 0.944 bits per heavy atom. The molecule has 2 amide bonds. The molecule has 7 rings (SSSR count). The Morgan fingerprint density at radius 2 is 1.75 bits per heavy atom. The molecule has 3 aromatic heterocycles. The van der Waals surface area contributed by atoms with Crippen molar-refractivity contribution in [1.82, 2.24) is 25.2 Å². The zero-order valence-corrected chi connectivity index (χ0v) is 20.6. The highest BCUT2D eigenvalue weighted by molar-refractivity contribution is 7.16. The van der Waals surface area contributed by atoms with E-state index in [2.05, 4.69) is 20.1 Å². The normalized spacial score (nSPS) is 19.5. The zero-order valence-electron chi connectivity index (χ0n) is 19.8. The van der Waals surface area contributed by atoms with Crippen molar-refractivity contribution in [3.63, 3.8) is 0 Å². The van der Waals surface area contributed by atoms with Crippen molar-refractivity contribution in [3.05, 3.63) is 53.2 Å². The number of piperidine rings is 1. The van der Waals surface area contributed by atoms with Crippen LogP contribution in [-0.4, -0.2) is 64.4 Å². The number of fused-ring (bicyclic) bond motifs is 2. The molecule has 2 fully saturated rings. The number of imide groups is 1. The van der Waals surface area contributed by atoms with Crippen LogP contribution in [0.2, 0.25) is 0 Å². The lowest BCUT2D eigenvalue weighted by Crippen LogP contribution is -2.44. The Hall–Kier alpha value is -3.56. The first-order chi connectivity index (χ1) is 17.7. The minimum atomic E-state index is -0.414. The number of carbonyl (C=O) groups is 2. The zero-order chi connectivity index (χ0) is 24.2. The summed E-state index contributed by atoms with van der Waals surface area (Å²) >= 11 is 1.57. The van der Waals surface area contributed by atoms with E-state index in [0.29, 0.717) is 28.7 Å². The molecule has 182 valence electrons. The number of anilines is 1. The van der Waals surface area contributed by atoms with E-state index in [0.717, 1.165) is 52.6 Å². The number of hydrogen-bond donors (Lipinski definition) is 2. The summed E-state index contributed by atoms with van der Waals surface area (Å²) in [7, 11) is 0. The monoisotopic (exact) mass is 498 g/mol. The summed E-state index contributed by atoms with van der Waals surface area (Å²) in [5, 5.41) is 6.19. The Bertz CT molecular complexity index is 1540. The van der Waals surface area contributed by atoms with E-state index in [-0.39, 0.29) is 0 Å². The number of carbonyl (C=O) groups excluding carboxylic acids is 2. The van der Waals surface area contributed by atoms with Crippen molar-refractivity contribution in [1.29, 1.82) is 0 Å². The molecule has 0 bridgehead atoms. The van der Waals surface area contributed by atoms with Crippen LogP contribution in [0.25, 0.3) is 32.3 Å². The van der Waals surface area contributed by atoms with Crippen LogP contribution >= 0.6 is 11.3 Å². The first kappa shape index (κ1) is 21.7. The number of para-hydroxylation sites is 1. The number of H-pyrrole nitrogens is 1. The number of amides is 2. The van der Waals surface area contributed by atoms with Crippen molar-refractivity contribution >= 4 is 61.4 Å². The minimum Gasteiger partial charge on any atom is -0.352 e. The third kappa shape index (κ3) is 3.53. The average Bonchev–Trinajstić information content (AvgIpc) is 3.56. The summed E-state index contributed by atoms with van der Waals surface area (Å²) in [6.07, 6.45) is 5.34. The summed E-state index contributed by atoms with van der Waals surface area (Å²) in [6.45, 7) is 5.42. The number of likely N-dealkylation sites (tertiary alicyclic amines) is 1. The van der Waals surface area contributed by atoms with E-state index in [1.165, 1.54) is 26.1 Å². The lowest BCUT2D eigenvalue weighted by molar-refractivity contribution is -0.122. The van der Waals surface area contributed by atoms with E-state index in [9.17, 15) is 9.59 Å². The van der Waals surface area contributed by atoms with Gasteiger partial charge in [0.15, 0.2) is 0 Å². The lowest BCUT2D eigenvalue weighted by Gasteiger charge is -2.38. The van der Waals surface area contributed by atoms with Crippen molar-refractivity contribution in [3.8, 4) is 0 Å². The van der Waals surface area contributed by atoms with Gasteiger partial charge < -0.3 is 14.8 Å². The molecular formula is C27H26N6O2S. The first-order valence-electron chi connectivity index (χ1n) is 12.5. The standard InChI is InChI=1S/C27H26N6O2S/c34-24-21(19-14-28-26-17(19)8-13-36-26)22(25(35)31-24)23-18-4-1-2-5-20(18)29-27(30-23)33-11-6-16(7-12-33)15-32-9-3-10-32/h1-2,4-5,8,13-14,16,28H,3,6-7,9-12,15H2,(H,31,34,35). The minimum absolute atomic E-state index is 0.319. The molecule has 0 spiro atoms. The van der Waals surface area contributed by atoms with Gasteiger partial charge in [0.2, 0.25) is 5.95 Å². The molecule has 36 heavy (non-hydrogen) atoms. The smallest absolute Gasteiger partial charge is 0.261 e. The summed E-state index contributed by atoms with van der Waals surface area (Å²) in [5.74, 6) is 0.524. The molecule has 3 aliphatic rings. The number of nitrogens with zero attached hydrogens (tertiary/aromatic N) is 4. The van der Waals surface area contributed by atoms with E-state index < -0.39 is 11.8 Å². The fourth-order valence-electron chi connectivity index (χ4n) is 5.63.